The van der Waals surface area contributed by atoms with Crippen molar-refractivity contribution in [3.8, 4) is 0 Å². The minimum Gasteiger partial charge on any atom is -0.368 e. The van der Waals surface area contributed by atoms with Crippen LogP contribution in [0.5, 0.6) is 0 Å². The number of nitrogens with zero attached hydrogens (tertiary/aromatic N) is 2. The number of carbonyl (C=O) groups is 1. The van der Waals surface area contributed by atoms with Gasteiger partial charge in [0.25, 0.3) is 0 Å². The van der Waals surface area contributed by atoms with Crippen LogP contribution < -0.4 is 11.1 Å². The van der Waals surface area contributed by atoms with Gasteiger partial charge >= 0.3 is 0 Å². The fraction of sp³-hybridized carbons (Fsp3) is 0.667. The minimum atomic E-state index is -0.358. The molecule has 90 valence electrons. The number of nitrogens with two attached hydrogens (primary N) is 1. The molecule has 1 heterocycles. The van der Waals surface area contributed by atoms with Crippen LogP contribution in [0.3, 0.4) is 0 Å². The topological polar surface area (TPSA) is 96.7 Å². The Labute approximate surface area is 98.8 Å². The summed E-state index contributed by atoms with van der Waals surface area (Å²) in [5.74, 6) is 0.938. The van der Waals surface area contributed by atoms with Gasteiger partial charge in [-0.25, -0.2) is 4.98 Å². The summed E-state index contributed by atoms with van der Waals surface area (Å²) >= 11 is 1.40. The number of nitrogens with one attached hydrogen (secondary N) is 2. The van der Waals surface area contributed by atoms with Crippen LogP contribution in [0.15, 0.2) is 5.16 Å². The number of amides is 1. The number of hydrogen-bond donors (Lipinski definition) is 3. The lowest BCUT2D eigenvalue weighted by atomic mass is 10.3. The smallest absolute Gasteiger partial charge is 0.235 e. The largest absolute Gasteiger partial charge is 0.368 e. The second-order valence-electron chi connectivity index (χ2n) is 3.79. The number of primary amides is 1. The second-order valence-corrected chi connectivity index (χ2v) is 4.78. The number of rotatable bonds is 6. The highest BCUT2D eigenvalue weighted by molar-refractivity contribution is 7.99. The number of hydrogen-bond acceptors (Lipinski definition) is 5. The molecule has 0 aliphatic heterocycles. The first-order valence-corrected chi connectivity index (χ1v) is 6.04. The Morgan fingerprint density at radius 3 is 2.75 bits per heavy atom. The summed E-state index contributed by atoms with van der Waals surface area (Å²) in [6, 6.07) is -0.143. The van der Waals surface area contributed by atoms with E-state index >= 15 is 0 Å². The Morgan fingerprint density at radius 2 is 2.31 bits per heavy atom. The van der Waals surface area contributed by atoms with Gasteiger partial charge in [-0.2, -0.15) is 0 Å². The molecule has 0 aliphatic carbocycles. The summed E-state index contributed by atoms with van der Waals surface area (Å²) in [5.41, 5.74) is 5.29. The first kappa shape index (κ1) is 13.0. The summed E-state index contributed by atoms with van der Waals surface area (Å²) in [4.78, 5) is 15.3. The molecule has 0 radical (unpaired) electrons. The van der Waals surface area contributed by atoms with Gasteiger partial charge in [0.15, 0.2) is 0 Å². The number of aromatic nitrogens is 3. The molecule has 0 fully saturated rings. The molecule has 6 nitrogen and oxygen atoms in total. The van der Waals surface area contributed by atoms with E-state index in [1.807, 2.05) is 20.8 Å². The maximum atomic E-state index is 11.2. The highest BCUT2D eigenvalue weighted by atomic mass is 32.2. The maximum Gasteiger partial charge on any atom is 0.235 e. The van der Waals surface area contributed by atoms with Crippen molar-refractivity contribution in [3.63, 3.8) is 0 Å². The predicted octanol–water partition coefficient (Wildman–Crippen LogP) is 0.0571. The van der Waals surface area contributed by atoms with Crippen molar-refractivity contribution < 1.29 is 4.79 Å². The van der Waals surface area contributed by atoms with E-state index < -0.39 is 0 Å². The SMILES string of the molecule is Cc1nc(SCC(NC(C)C)C(N)=O)n[nH]1. The van der Waals surface area contributed by atoms with E-state index in [1.54, 1.807) is 0 Å². The summed E-state index contributed by atoms with van der Waals surface area (Å²) in [5, 5.41) is 10.4. The molecule has 0 aliphatic rings. The zero-order chi connectivity index (χ0) is 12.1. The van der Waals surface area contributed by atoms with Crippen LogP contribution in [0.25, 0.3) is 0 Å². The normalized spacial score (nSPS) is 13.0. The molecular weight excluding hydrogens is 226 g/mol. The number of aryl methyl sites for hydroxylation is 1. The van der Waals surface area contributed by atoms with Crippen molar-refractivity contribution in [2.24, 2.45) is 5.73 Å². The van der Waals surface area contributed by atoms with Crippen molar-refractivity contribution in [2.75, 3.05) is 5.75 Å². The number of carbonyl (C=O) groups excluding carboxylic acids is 1. The molecule has 0 aromatic carbocycles. The Bertz CT molecular complexity index is 351. The molecule has 0 saturated carbocycles. The Hall–Kier alpha value is -1.08. The van der Waals surface area contributed by atoms with Crippen molar-refractivity contribution in [1.82, 2.24) is 20.5 Å². The third kappa shape index (κ3) is 4.19. The van der Waals surface area contributed by atoms with Crippen LogP contribution in [0, 0.1) is 6.92 Å². The van der Waals surface area contributed by atoms with Gasteiger partial charge in [0.2, 0.25) is 11.1 Å². The fourth-order valence-electron chi connectivity index (χ4n) is 1.16. The third-order valence-electron chi connectivity index (χ3n) is 1.83. The minimum absolute atomic E-state index is 0.215. The van der Waals surface area contributed by atoms with Gasteiger partial charge < -0.3 is 11.1 Å². The van der Waals surface area contributed by atoms with Crippen LogP contribution in [-0.4, -0.2) is 38.9 Å². The number of thioether (sulfide) groups is 1. The quantitative estimate of drug-likeness (QED) is 0.614. The van der Waals surface area contributed by atoms with Crippen LogP contribution in [-0.2, 0) is 4.79 Å². The summed E-state index contributed by atoms with van der Waals surface area (Å²) in [7, 11) is 0. The Balaban J connectivity index is 2.46. The second kappa shape index (κ2) is 5.86. The molecule has 1 aromatic rings. The summed E-state index contributed by atoms with van der Waals surface area (Å²) in [6.07, 6.45) is 0. The molecule has 1 unspecified atom stereocenters. The number of H-pyrrole nitrogens is 1. The van der Waals surface area contributed by atoms with Crippen LogP contribution in [0.4, 0.5) is 0 Å². The first-order chi connectivity index (χ1) is 7.49. The summed E-state index contributed by atoms with van der Waals surface area (Å²) < 4.78 is 0. The predicted molar refractivity (Wildman–Crippen MR) is 63.1 cm³/mol. The van der Waals surface area contributed by atoms with Gasteiger partial charge in [-0.05, 0) is 6.92 Å². The Morgan fingerprint density at radius 1 is 1.62 bits per heavy atom. The van der Waals surface area contributed by atoms with Crippen LogP contribution in [0.1, 0.15) is 19.7 Å². The van der Waals surface area contributed by atoms with Gasteiger partial charge in [0.1, 0.15) is 5.82 Å². The lowest BCUT2D eigenvalue weighted by Crippen LogP contribution is -2.46. The van der Waals surface area contributed by atoms with Gasteiger partial charge in [0.05, 0.1) is 6.04 Å². The standard InChI is InChI=1S/C9H17N5OS/c1-5(2)11-7(8(10)15)4-16-9-12-6(3)13-14-9/h5,7,11H,4H2,1-3H3,(H2,10,15)(H,12,13,14). The van der Waals surface area contributed by atoms with Gasteiger partial charge in [-0.1, -0.05) is 25.6 Å². The highest BCUT2D eigenvalue weighted by Crippen LogP contribution is 2.13. The average Bonchev–Trinajstić information content (AvgIpc) is 2.58. The van der Waals surface area contributed by atoms with Crippen molar-refractivity contribution in [1.29, 1.82) is 0 Å². The molecule has 1 aromatic heterocycles. The lowest BCUT2D eigenvalue weighted by Gasteiger charge is -2.16. The van der Waals surface area contributed by atoms with Gasteiger partial charge in [-0.3, -0.25) is 9.89 Å². The lowest BCUT2D eigenvalue weighted by molar-refractivity contribution is -0.119. The van der Waals surface area contributed by atoms with Crippen molar-refractivity contribution >= 4 is 17.7 Å². The molecule has 0 bridgehead atoms. The zero-order valence-electron chi connectivity index (χ0n) is 9.65. The van der Waals surface area contributed by atoms with Crippen LogP contribution >= 0.6 is 11.8 Å². The average molecular weight is 243 g/mol. The summed E-state index contributed by atoms with van der Waals surface area (Å²) in [6.45, 7) is 5.77. The Kier molecular flexibility index (Phi) is 4.75. The van der Waals surface area contributed by atoms with E-state index in [1.165, 1.54) is 11.8 Å². The van der Waals surface area contributed by atoms with E-state index in [2.05, 4.69) is 20.5 Å². The van der Waals surface area contributed by atoms with Crippen molar-refractivity contribution in [2.45, 2.75) is 38.0 Å². The molecule has 1 atom stereocenters. The molecule has 7 heteroatoms. The number of aromatic amines is 1. The molecule has 1 rings (SSSR count). The van der Waals surface area contributed by atoms with E-state index in [-0.39, 0.29) is 18.0 Å². The first-order valence-electron chi connectivity index (χ1n) is 5.06. The molecule has 0 saturated heterocycles. The third-order valence-corrected chi connectivity index (χ3v) is 2.77. The zero-order valence-corrected chi connectivity index (χ0v) is 10.5. The molecular formula is C9H17N5OS. The monoisotopic (exact) mass is 243 g/mol. The maximum absolute atomic E-state index is 11.2. The molecule has 16 heavy (non-hydrogen) atoms. The van der Waals surface area contributed by atoms with E-state index in [4.69, 9.17) is 5.73 Å². The van der Waals surface area contributed by atoms with Gasteiger partial charge in [-0.15, -0.1) is 5.10 Å². The fourth-order valence-corrected chi connectivity index (χ4v) is 2.05. The van der Waals surface area contributed by atoms with E-state index in [0.717, 1.165) is 5.82 Å². The molecule has 1 amide bonds. The molecule has 4 N–H and O–H groups in total. The van der Waals surface area contributed by atoms with Gasteiger partial charge in [0, 0.05) is 11.8 Å². The van der Waals surface area contributed by atoms with E-state index in [9.17, 15) is 4.79 Å². The van der Waals surface area contributed by atoms with E-state index in [0.29, 0.717) is 10.9 Å². The van der Waals surface area contributed by atoms with Crippen LogP contribution in [0.2, 0.25) is 0 Å². The van der Waals surface area contributed by atoms with Crippen molar-refractivity contribution in [3.05, 3.63) is 5.82 Å². The molecule has 0 spiro atoms. The highest BCUT2D eigenvalue weighted by Gasteiger charge is 2.17.